The first-order valence-electron chi connectivity index (χ1n) is 9.28. The normalized spacial score (nSPS) is 29.0. The molecule has 2 aliphatic carbocycles. The van der Waals surface area contributed by atoms with Crippen molar-refractivity contribution in [2.24, 2.45) is 0 Å². The maximum Gasteiger partial charge on any atom is 0.237 e. The van der Waals surface area contributed by atoms with Crippen molar-refractivity contribution < 1.29 is 9.90 Å². The number of carbonyl (C=O) groups excluding carboxylic acids is 1. The van der Waals surface area contributed by atoms with Crippen LogP contribution in [0.3, 0.4) is 0 Å². The zero-order valence-electron chi connectivity index (χ0n) is 14.2. The Balaban J connectivity index is 1.41. The summed E-state index contributed by atoms with van der Waals surface area (Å²) in [6.45, 7) is 1.72. The molecule has 2 saturated carbocycles. The molecule has 1 aromatic rings. The number of rotatable bonds is 5. The lowest BCUT2D eigenvalue weighted by molar-refractivity contribution is -0.137. The molecule has 4 rings (SSSR count). The lowest BCUT2D eigenvalue weighted by atomic mass is 9.90. The highest BCUT2D eigenvalue weighted by atomic mass is 16.3. The molecular weight excluding hydrogens is 306 g/mol. The van der Waals surface area contributed by atoms with Crippen molar-refractivity contribution in [2.75, 3.05) is 19.6 Å². The lowest BCUT2D eigenvalue weighted by Crippen LogP contribution is -2.51. The minimum Gasteiger partial charge on any atom is -0.382 e. The van der Waals surface area contributed by atoms with Gasteiger partial charge in [-0.2, -0.15) is 15.4 Å². The van der Waals surface area contributed by atoms with Crippen molar-refractivity contribution in [2.45, 2.75) is 69.1 Å². The molecule has 1 aromatic heterocycles. The maximum atomic E-state index is 12.9. The highest BCUT2D eigenvalue weighted by Gasteiger charge is 2.41. The number of aromatic amines is 1. The number of β-amino-alcohol motifs (C(OH)–C–C–N with tert-alkyl or cyclic N) is 1. The molecular formula is C17H27N5O2. The van der Waals surface area contributed by atoms with E-state index in [2.05, 4.69) is 25.2 Å². The van der Waals surface area contributed by atoms with E-state index < -0.39 is 5.60 Å². The number of hydrogen-bond donors (Lipinski definition) is 2. The van der Waals surface area contributed by atoms with Gasteiger partial charge >= 0.3 is 0 Å². The Bertz CT molecular complexity index is 568. The molecule has 1 aliphatic heterocycles. The summed E-state index contributed by atoms with van der Waals surface area (Å²) in [6.07, 6.45) is 10.2. The Labute approximate surface area is 142 Å². The van der Waals surface area contributed by atoms with Gasteiger partial charge in [0.15, 0.2) is 0 Å². The third kappa shape index (κ3) is 3.19. The van der Waals surface area contributed by atoms with Crippen LogP contribution in [0.1, 0.15) is 57.1 Å². The predicted molar refractivity (Wildman–Crippen MR) is 88.1 cm³/mol. The number of hydrogen-bond acceptors (Lipinski definition) is 5. The Hall–Kier alpha value is -1.47. The largest absolute Gasteiger partial charge is 0.382 e. The van der Waals surface area contributed by atoms with Gasteiger partial charge in [0.25, 0.3) is 0 Å². The third-order valence-corrected chi connectivity index (χ3v) is 5.75. The number of carbonyl (C=O) groups is 1. The molecule has 2 N–H and O–H groups in total. The van der Waals surface area contributed by atoms with Gasteiger partial charge in [-0.25, -0.2) is 0 Å². The smallest absolute Gasteiger partial charge is 0.237 e. The summed E-state index contributed by atoms with van der Waals surface area (Å²) in [4.78, 5) is 17.2. The van der Waals surface area contributed by atoms with Crippen molar-refractivity contribution in [3.05, 3.63) is 11.9 Å². The van der Waals surface area contributed by atoms with E-state index in [-0.39, 0.29) is 5.91 Å². The van der Waals surface area contributed by atoms with Crippen LogP contribution in [0.25, 0.3) is 0 Å². The van der Waals surface area contributed by atoms with Gasteiger partial charge in [-0.15, -0.1) is 0 Å². The highest BCUT2D eigenvalue weighted by molar-refractivity contribution is 5.79. The van der Waals surface area contributed by atoms with Gasteiger partial charge in [0.2, 0.25) is 5.91 Å². The second-order valence-corrected chi connectivity index (χ2v) is 7.67. The Morgan fingerprint density at radius 1 is 1.29 bits per heavy atom. The third-order valence-electron chi connectivity index (χ3n) is 5.75. The van der Waals surface area contributed by atoms with Crippen LogP contribution in [0.2, 0.25) is 0 Å². The summed E-state index contributed by atoms with van der Waals surface area (Å²) in [5.41, 5.74) is -0.418. The summed E-state index contributed by atoms with van der Waals surface area (Å²) in [5.74, 6) is 0.244. The van der Waals surface area contributed by atoms with E-state index in [0.29, 0.717) is 37.3 Å². The summed E-state index contributed by atoms with van der Waals surface area (Å²) in [5, 5.41) is 21.3. The van der Waals surface area contributed by atoms with E-state index in [1.54, 1.807) is 6.20 Å². The number of H-pyrrole nitrogens is 1. The van der Waals surface area contributed by atoms with E-state index in [9.17, 15) is 9.90 Å². The van der Waals surface area contributed by atoms with E-state index in [1.807, 2.05) is 0 Å². The molecule has 1 atom stereocenters. The first-order chi connectivity index (χ1) is 11.7. The van der Waals surface area contributed by atoms with Crippen molar-refractivity contribution >= 4 is 5.91 Å². The lowest BCUT2D eigenvalue weighted by Gasteiger charge is -2.39. The first kappa shape index (κ1) is 16.0. The summed E-state index contributed by atoms with van der Waals surface area (Å²) < 4.78 is 0. The standard InChI is InChI=1S/C17H27N5O2/c23-16(22(14-6-7-14)13-4-1-2-5-13)11-21-9-3-8-17(24,12-21)15-10-18-20-19-15/h10,13-14,24H,1-9,11-12H2,(H,18,19,20). The number of aromatic nitrogens is 3. The average molecular weight is 333 g/mol. The highest BCUT2D eigenvalue weighted by Crippen LogP contribution is 2.35. The van der Waals surface area contributed by atoms with Crippen LogP contribution in [-0.2, 0) is 10.4 Å². The quantitative estimate of drug-likeness (QED) is 0.840. The molecule has 7 heteroatoms. The Kier molecular flexibility index (Phi) is 4.30. The second-order valence-electron chi connectivity index (χ2n) is 7.67. The van der Waals surface area contributed by atoms with Gasteiger partial charge in [-0.1, -0.05) is 12.8 Å². The molecule has 24 heavy (non-hydrogen) atoms. The maximum absolute atomic E-state index is 12.9. The van der Waals surface area contributed by atoms with Crippen LogP contribution in [0.15, 0.2) is 6.20 Å². The van der Waals surface area contributed by atoms with E-state index in [4.69, 9.17) is 0 Å². The fraction of sp³-hybridized carbons (Fsp3) is 0.824. The zero-order valence-corrected chi connectivity index (χ0v) is 14.2. The van der Waals surface area contributed by atoms with Gasteiger partial charge in [0.05, 0.1) is 12.7 Å². The second kappa shape index (κ2) is 6.44. The molecule has 2 heterocycles. The van der Waals surface area contributed by atoms with Gasteiger partial charge in [-0.05, 0) is 45.1 Å². The Morgan fingerprint density at radius 2 is 2.04 bits per heavy atom. The minimum atomic E-state index is -0.997. The molecule has 1 amide bonds. The van der Waals surface area contributed by atoms with Crippen LogP contribution in [-0.4, -0.2) is 67.9 Å². The number of aliphatic hydroxyl groups is 1. The van der Waals surface area contributed by atoms with Crippen molar-refractivity contribution in [1.82, 2.24) is 25.2 Å². The van der Waals surface area contributed by atoms with E-state index in [0.717, 1.165) is 38.6 Å². The molecule has 132 valence electrons. The molecule has 0 bridgehead atoms. The van der Waals surface area contributed by atoms with E-state index in [1.165, 1.54) is 12.8 Å². The van der Waals surface area contributed by atoms with Gasteiger partial charge in [0, 0.05) is 18.6 Å². The number of nitrogens with zero attached hydrogens (tertiary/aromatic N) is 4. The number of amides is 1. The fourth-order valence-corrected chi connectivity index (χ4v) is 4.41. The topological polar surface area (TPSA) is 85.3 Å². The van der Waals surface area contributed by atoms with Crippen molar-refractivity contribution in [1.29, 1.82) is 0 Å². The van der Waals surface area contributed by atoms with Gasteiger partial charge in [-0.3, -0.25) is 9.69 Å². The monoisotopic (exact) mass is 333 g/mol. The molecule has 1 saturated heterocycles. The van der Waals surface area contributed by atoms with Crippen LogP contribution in [0, 0.1) is 0 Å². The summed E-state index contributed by atoms with van der Waals surface area (Å²) >= 11 is 0. The number of nitrogens with one attached hydrogen (secondary N) is 1. The van der Waals surface area contributed by atoms with Crippen molar-refractivity contribution in [3.8, 4) is 0 Å². The summed E-state index contributed by atoms with van der Waals surface area (Å²) in [6, 6.07) is 0.920. The van der Waals surface area contributed by atoms with Crippen LogP contribution in [0.4, 0.5) is 0 Å². The van der Waals surface area contributed by atoms with Crippen LogP contribution in [0.5, 0.6) is 0 Å². The predicted octanol–water partition coefficient (Wildman–Crippen LogP) is 1.02. The van der Waals surface area contributed by atoms with Crippen LogP contribution < -0.4 is 0 Å². The minimum absolute atomic E-state index is 0.244. The Morgan fingerprint density at radius 3 is 2.71 bits per heavy atom. The SMILES string of the molecule is O=C(CN1CCCC(O)(c2cn[nH]n2)C1)N(C1CCCC1)C1CC1. The van der Waals surface area contributed by atoms with Crippen molar-refractivity contribution in [3.63, 3.8) is 0 Å². The molecule has 0 spiro atoms. The molecule has 1 unspecified atom stereocenters. The van der Waals surface area contributed by atoms with Gasteiger partial charge in [0.1, 0.15) is 11.3 Å². The average Bonchev–Trinajstić information content (AvgIpc) is 3.05. The molecule has 3 fully saturated rings. The molecule has 0 radical (unpaired) electrons. The van der Waals surface area contributed by atoms with E-state index >= 15 is 0 Å². The zero-order chi connectivity index (χ0) is 16.6. The van der Waals surface area contributed by atoms with Crippen LogP contribution >= 0.6 is 0 Å². The van der Waals surface area contributed by atoms with Gasteiger partial charge < -0.3 is 10.0 Å². The first-order valence-corrected chi connectivity index (χ1v) is 9.28. The fourth-order valence-electron chi connectivity index (χ4n) is 4.41. The molecule has 3 aliphatic rings. The molecule has 0 aromatic carbocycles. The summed E-state index contributed by atoms with van der Waals surface area (Å²) in [7, 11) is 0. The number of piperidine rings is 1. The number of likely N-dealkylation sites (tertiary alicyclic amines) is 1. The molecule has 7 nitrogen and oxygen atoms in total.